The summed E-state index contributed by atoms with van der Waals surface area (Å²) in [7, 11) is 0. The van der Waals surface area contributed by atoms with E-state index >= 15 is 0 Å². The number of nitrogens with two attached hydrogens (primary N) is 1. The Morgan fingerprint density at radius 3 is 2.83 bits per heavy atom. The minimum Gasteiger partial charge on any atom is -0.383 e. The summed E-state index contributed by atoms with van der Waals surface area (Å²) >= 11 is 5.68. The molecule has 1 heterocycles. The Balaban J connectivity index is 2.51. The molecule has 0 fully saturated rings. The zero-order valence-corrected chi connectivity index (χ0v) is 10.4. The van der Waals surface area contributed by atoms with Crippen molar-refractivity contribution in [3.8, 4) is 0 Å². The van der Waals surface area contributed by atoms with Crippen molar-refractivity contribution in [2.45, 2.75) is 13.0 Å². The Morgan fingerprint density at radius 1 is 1.39 bits per heavy atom. The van der Waals surface area contributed by atoms with Crippen LogP contribution >= 0.6 is 11.6 Å². The van der Waals surface area contributed by atoms with Crippen LogP contribution in [0.15, 0.2) is 30.5 Å². The van der Waals surface area contributed by atoms with Gasteiger partial charge in [0.05, 0.1) is 5.02 Å². The summed E-state index contributed by atoms with van der Waals surface area (Å²) in [4.78, 5) is 3.94. The number of anilines is 1. The quantitative estimate of drug-likeness (QED) is 0.879. The molecule has 3 nitrogen and oxygen atoms in total. The van der Waals surface area contributed by atoms with Gasteiger partial charge in [0.15, 0.2) is 0 Å². The summed E-state index contributed by atoms with van der Waals surface area (Å²) in [5, 5.41) is 10.1. The molecule has 1 unspecified atom stereocenters. The topological polar surface area (TPSA) is 59.1 Å². The van der Waals surface area contributed by atoms with E-state index in [4.69, 9.17) is 17.3 Å². The van der Waals surface area contributed by atoms with Crippen molar-refractivity contribution in [3.05, 3.63) is 58.0 Å². The first-order valence-corrected chi connectivity index (χ1v) is 5.72. The highest BCUT2D eigenvalue weighted by Gasteiger charge is 2.19. The van der Waals surface area contributed by atoms with Gasteiger partial charge < -0.3 is 10.8 Å². The van der Waals surface area contributed by atoms with Gasteiger partial charge in [0, 0.05) is 17.3 Å². The third kappa shape index (κ3) is 2.30. The first-order valence-electron chi connectivity index (χ1n) is 5.34. The molecule has 2 rings (SSSR count). The van der Waals surface area contributed by atoms with Gasteiger partial charge in [0.2, 0.25) is 0 Å². The molecule has 0 aliphatic rings. The molecule has 5 heteroatoms. The number of benzene rings is 1. The first-order chi connectivity index (χ1) is 8.50. The average molecular weight is 267 g/mol. The van der Waals surface area contributed by atoms with Crippen molar-refractivity contribution in [2.24, 2.45) is 0 Å². The number of aliphatic hydroxyl groups is 1. The molecule has 0 saturated carbocycles. The van der Waals surface area contributed by atoms with Gasteiger partial charge in [0.25, 0.3) is 0 Å². The minimum atomic E-state index is -1.18. The zero-order chi connectivity index (χ0) is 13.3. The molecule has 2 aromatic rings. The van der Waals surface area contributed by atoms with Crippen LogP contribution in [0.25, 0.3) is 0 Å². The lowest BCUT2D eigenvalue weighted by Crippen LogP contribution is -2.08. The number of rotatable bonds is 2. The second kappa shape index (κ2) is 4.92. The Bertz CT molecular complexity index is 587. The van der Waals surface area contributed by atoms with Crippen LogP contribution < -0.4 is 5.73 Å². The van der Waals surface area contributed by atoms with Crippen molar-refractivity contribution in [1.29, 1.82) is 0 Å². The van der Waals surface area contributed by atoms with Gasteiger partial charge in [-0.05, 0) is 24.6 Å². The van der Waals surface area contributed by atoms with Crippen molar-refractivity contribution in [1.82, 2.24) is 4.98 Å². The van der Waals surface area contributed by atoms with E-state index in [1.165, 1.54) is 12.1 Å². The Kier molecular flexibility index (Phi) is 3.50. The lowest BCUT2D eigenvalue weighted by Gasteiger charge is -2.15. The maximum absolute atomic E-state index is 13.8. The van der Waals surface area contributed by atoms with Gasteiger partial charge in [-0.1, -0.05) is 23.7 Å². The summed E-state index contributed by atoms with van der Waals surface area (Å²) in [6, 6.07) is 6.13. The summed E-state index contributed by atoms with van der Waals surface area (Å²) < 4.78 is 13.8. The van der Waals surface area contributed by atoms with Crippen molar-refractivity contribution >= 4 is 17.4 Å². The summed E-state index contributed by atoms with van der Waals surface area (Å²) in [6.45, 7) is 1.82. The third-order valence-electron chi connectivity index (χ3n) is 2.66. The fourth-order valence-electron chi connectivity index (χ4n) is 1.72. The fourth-order valence-corrected chi connectivity index (χ4v) is 1.90. The molecule has 0 radical (unpaired) electrons. The highest BCUT2D eigenvalue weighted by molar-refractivity contribution is 6.30. The first kappa shape index (κ1) is 12.8. The molecule has 1 atom stereocenters. The summed E-state index contributed by atoms with van der Waals surface area (Å²) in [6.07, 6.45) is 0.399. The SMILES string of the molecule is Cc1cnc(N)c(C(O)c2cccc(Cl)c2F)c1. The third-order valence-corrected chi connectivity index (χ3v) is 2.95. The molecular weight excluding hydrogens is 255 g/mol. The van der Waals surface area contributed by atoms with E-state index < -0.39 is 11.9 Å². The molecule has 18 heavy (non-hydrogen) atoms. The number of hydrogen-bond acceptors (Lipinski definition) is 3. The molecular formula is C13H12ClFN2O. The number of nitrogen functional groups attached to an aromatic ring is 1. The van der Waals surface area contributed by atoms with Crippen molar-refractivity contribution in [3.63, 3.8) is 0 Å². The number of pyridine rings is 1. The van der Waals surface area contributed by atoms with Crippen LogP contribution in [0, 0.1) is 12.7 Å². The van der Waals surface area contributed by atoms with Gasteiger partial charge in [-0.25, -0.2) is 9.37 Å². The molecule has 0 amide bonds. The van der Waals surface area contributed by atoms with Gasteiger partial charge in [-0.15, -0.1) is 0 Å². The predicted molar refractivity (Wildman–Crippen MR) is 68.9 cm³/mol. The normalized spacial score (nSPS) is 12.4. The van der Waals surface area contributed by atoms with Crippen LogP contribution in [0.5, 0.6) is 0 Å². The van der Waals surface area contributed by atoms with Crippen molar-refractivity contribution in [2.75, 3.05) is 5.73 Å². The average Bonchev–Trinajstić information content (AvgIpc) is 2.35. The van der Waals surface area contributed by atoms with Gasteiger partial charge in [-0.2, -0.15) is 0 Å². The van der Waals surface area contributed by atoms with Crippen LogP contribution in [0.3, 0.4) is 0 Å². The molecule has 0 aliphatic carbocycles. The van der Waals surface area contributed by atoms with Crippen molar-refractivity contribution < 1.29 is 9.50 Å². The number of aliphatic hydroxyl groups excluding tert-OH is 1. The fraction of sp³-hybridized carbons (Fsp3) is 0.154. The Labute approximate surface area is 109 Å². The van der Waals surface area contributed by atoms with Gasteiger partial charge in [-0.3, -0.25) is 0 Å². The lowest BCUT2D eigenvalue weighted by atomic mass is 10.0. The molecule has 1 aromatic heterocycles. The van der Waals surface area contributed by atoms with Crippen LogP contribution in [-0.2, 0) is 0 Å². The smallest absolute Gasteiger partial charge is 0.147 e. The maximum atomic E-state index is 13.8. The van der Waals surface area contributed by atoms with Gasteiger partial charge >= 0.3 is 0 Å². The number of aryl methyl sites for hydroxylation is 1. The second-order valence-electron chi connectivity index (χ2n) is 4.03. The maximum Gasteiger partial charge on any atom is 0.147 e. The van der Waals surface area contributed by atoms with E-state index in [1.54, 1.807) is 18.3 Å². The minimum absolute atomic E-state index is 0.0364. The second-order valence-corrected chi connectivity index (χ2v) is 4.44. The molecule has 0 saturated heterocycles. The molecule has 94 valence electrons. The number of hydrogen-bond donors (Lipinski definition) is 2. The van der Waals surface area contributed by atoms with E-state index in [9.17, 15) is 9.50 Å². The van der Waals surface area contributed by atoms with Crippen LogP contribution in [0.4, 0.5) is 10.2 Å². The predicted octanol–water partition coefficient (Wildman–Crippen LogP) is 2.85. The van der Waals surface area contributed by atoms with E-state index in [-0.39, 0.29) is 16.4 Å². The van der Waals surface area contributed by atoms with E-state index in [0.717, 1.165) is 5.56 Å². The Hall–Kier alpha value is -1.65. The number of halogens is 2. The van der Waals surface area contributed by atoms with E-state index in [0.29, 0.717) is 5.56 Å². The molecule has 3 N–H and O–H groups in total. The highest BCUT2D eigenvalue weighted by atomic mass is 35.5. The summed E-state index contributed by atoms with van der Waals surface area (Å²) in [5.74, 6) is -0.472. The summed E-state index contributed by atoms with van der Waals surface area (Å²) in [5.41, 5.74) is 6.98. The molecule has 0 spiro atoms. The van der Waals surface area contributed by atoms with Crippen LogP contribution in [0.1, 0.15) is 22.8 Å². The van der Waals surface area contributed by atoms with E-state index in [1.807, 2.05) is 6.92 Å². The Morgan fingerprint density at radius 2 is 2.11 bits per heavy atom. The molecule has 0 aliphatic heterocycles. The standard InChI is InChI=1S/C13H12ClFN2O/c1-7-5-9(13(16)17-6-7)12(18)8-3-2-4-10(14)11(8)15/h2-6,12,18H,1H3,(H2,16,17). The lowest BCUT2D eigenvalue weighted by molar-refractivity contribution is 0.215. The van der Waals surface area contributed by atoms with Crippen LogP contribution in [0.2, 0.25) is 5.02 Å². The monoisotopic (exact) mass is 266 g/mol. The van der Waals surface area contributed by atoms with E-state index in [2.05, 4.69) is 4.98 Å². The highest BCUT2D eigenvalue weighted by Crippen LogP contribution is 2.30. The van der Waals surface area contributed by atoms with Gasteiger partial charge in [0.1, 0.15) is 17.7 Å². The molecule has 0 bridgehead atoms. The van der Waals surface area contributed by atoms with Crippen LogP contribution in [-0.4, -0.2) is 10.1 Å². The molecule has 1 aromatic carbocycles. The largest absolute Gasteiger partial charge is 0.383 e. The zero-order valence-electron chi connectivity index (χ0n) is 9.69. The number of aromatic nitrogens is 1. The number of nitrogens with zero attached hydrogens (tertiary/aromatic N) is 1.